The SMILES string of the molecule is CCCC(C)/C=C/C=C(\C)CCCC(C)C. The van der Waals surface area contributed by atoms with E-state index in [1.165, 1.54) is 37.7 Å². The largest absolute Gasteiger partial charge is 0.0817 e. The Morgan fingerprint density at radius 2 is 1.81 bits per heavy atom. The Hall–Kier alpha value is -0.520. The fraction of sp³-hybridized carbons (Fsp3) is 0.750. The Bertz CT molecular complexity index is 208. The first-order chi connectivity index (χ1) is 7.56. The van der Waals surface area contributed by atoms with Crippen molar-refractivity contribution >= 4 is 0 Å². The van der Waals surface area contributed by atoms with Crippen molar-refractivity contribution in [3.63, 3.8) is 0 Å². The number of rotatable bonds is 8. The second-order valence-electron chi connectivity index (χ2n) is 5.45. The summed E-state index contributed by atoms with van der Waals surface area (Å²) in [4.78, 5) is 0. The van der Waals surface area contributed by atoms with E-state index in [-0.39, 0.29) is 0 Å². The zero-order chi connectivity index (χ0) is 12.4. The summed E-state index contributed by atoms with van der Waals surface area (Å²) in [6.07, 6.45) is 13.4. The molecule has 16 heavy (non-hydrogen) atoms. The molecule has 0 bridgehead atoms. The molecule has 0 N–H and O–H groups in total. The maximum Gasteiger partial charge on any atom is -0.0259 e. The van der Waals surface area contributed by atoms with Crippen LogP contribution in [0.4, 0.5) is 0 Å². The Balaban J connectivity index is 3.76. The van der Waals surface area contributed by atoms with E-state index >= 15 is 0 Å². The van der Waals surface area contributed by atoms with Gasteiger partial charge in [0.2, 0.25) is 0 Å². The van der Waals surface area contributed by atoms with Gasteiger partial charge in [0.1, 0.15) is 0 Å². The lowest BCUT2D eigenvalue weighted by molar-refractivity contribution is 0.555. The van der Waals surface area contributed by atoms with E-state index in [0.29, 0.717) is 0 Å². The van der Waals surface area contributed by atoms with Crippen molar-refractivity contribution < 1.29 is 0 Å². The third kappa shape index (κ3) is 10.0. The molecule has 94 valence electrons. The third-order valence-electron chi connectivity index (χ3n) is 2.92. The fourth-order valence-electron chi connectivity index (χ4n) is 1.83. The summed E-state index contributed by atoms with van der Waals surface area (Å²) < 4.78 is 0. The minimum Gasteiger partial charge on any atom is -0.0817 e. The van der Waals surface area contributed by atoms with Crippen LogP contribution in [0.15, 0.2) is 23.8 Å². The van der Waals surface area contributed by atoms with Gasteiger partial charge in [-0.05, 0) is 38.0 Å². The van der Waals surface area contributed by atoms with Gasteiger partial charge in [-0.15, -0.1) is 0 Å². The lowest BCUT2D eigenvalue weighted by Gasteiger charge is -2.04. The average Bonchev–Trinajstić information content (AvgIpc) is 2.17. The first kappa shape index (κ1) is 15.5. The summed E-state index contributed by atoms with van der Waals surface area (Å²) >= 11 is 0. The second kappa shape index (κ2) is 9.69. The highest BCUT2D eigenvalue weighted by molar-refractivity contribution is 5.11. The van der Waals surface area contributed by atoms with Gasteiger partial charge in [-0.2, -0.15) is 0 Å². The van der Waals surface area contributed by atoms with Crippen molar-refractivity contribution in [1.29, 1.82) is 0 Å². The minimum absolute atomic E-state index is 0.727. The first-order valence-corrected chi connectivity index (χ1v) is 6.90. The van der Waals surface area contributed by atoms with Crippen molar-refractivity contribution in [2.75, 3.05) is 0 Å². The molecule has 0 heteroatoms. The topological polar surface area (TPSA) is 0 Å². The predicted molar refractivity (Wildman–Crippen MR) is 75.7 cm³/mol. The molecule has 0 aliphatic rings. The number of hydrogen-bond donors (Lipinski definition) is 0. The molecule has 1 atom stereocenters. The normalized spacial score (nSPS) is 15.0. The predicted octanol–water partition coefficient (Wildman–Crippen LogP) is 5.75. The van der Waals surface area contributed by atoms with E-state index in [1.54, 1.807) is 0 Å². The highest BCUT2D eigenvalue weighted by atomic mass is 14.0. The molecule has 0 radical (unpaired) electrons. The van der Waals surface area contributed by atoms with Gasteiger partial charge in [0, 0.05) is 0 Å². The molecule has 0 aliphatic carbocycles. The minimum atomic E-state index is 0.727. The molecule has 0 saturated heterocycles. The molecule has 0 spiro atoms. The second-order valence-corrected chi connectivity index (χ2v) is 5.45. The maximum absolute atomic E-state index is 2.33. The summed E-state index contributed by atoms with van der Waals surface area (Å²) in [6, 6.07) is 0. The molecule has 0 rings (SSSR count). The molecular weight excluding hydrogens is 192 g/mol. The van der Waals surface area contributed by atoms with Gasteiger partial charge in [-0.1, -0.05) is 64.3 Å². The van der Waals surface area contributed by atoms with Crippen LogP contribution in [0.5, 0.6) is 0 Å². The molecule has 1 unspecified atom stereocenters. The van der Waals surface area contributed by atoms with Crippen LogP contribution in [-0.4, -0.2) is 0 Å². The van der Waals surface area contributed by atoms with Crippen LogP contribution < -0.4 is 0 Å². The van der Waals surface area contributed by atoms with E-state index in [0.717, 1.165) is 11.8 Å². The van der Waals surface area contributed by atoms with Crippen LogP contribution in [0, 0.1) is 11.8 Å². The number of hydrogen-bond acceptors (Lipinski definition) is 0. The third-order valence-corrected chi connectivity index (χ3v) is 2.92. The zero-order valence-corrected chi connectivity index (χ0v) is 11.9. The average molecular weight is 222 g/mol. The van der Waals surface area contributed by atoms with Crippen LogP contribution in [0.3, 0.4) is 0 Å². The van der Waals surface area contributed by atoms with Gasteiger partial charge >= 0.3 is 0 Å². The smallest absolute Gasteiger partial charge is 0.0259 e. The quantitative estimate of drug-likeness (QED) is 0.459. The van der Waals surface area contributed by atoms with E-state index in [2.05, 4.69) is 52.8 Å². The van der Waals surface area contributed by atoms with Gasteiger partial charge in [-0.3, -0.25) is 0 Å². The first-order valence-electron chi connectivity index (χ1n) is 6.90. The van der Waals surface area contributed by atoms with Crippen molar-refractivity contribution in [2.24, 2.45) is 11.8 Å². The summed E-state index contributed by atoms with van der Waals surface area (Å²) in [5.41, 5.74) is 1.51. The van der Waals surface area contributed by atoms with Crippen molar-refractivity contribution in [3.05, 3.63) is 23.8 Å². The van der Waals surface area contributed by atoms with Crippen LogP contribution in [0.25, 0.3) is 0 Å². The standard InChI is InChI=1S/C16H30/c1-6-9-15(4)12-8-13-16(5)11-7-10-14(2)3/h8,12-15H,6-7,9-11H2,1-5H3/b12-8+,16-13+. The molecule has 0 aromatic rings. The summed E-state index contributed by atoms with van der Waals surface area (Å²) in [5, 5.41) is 0. The number of allylic oxidation sites excluding steroid dienone is 4. The highest BCUT2D eigenvalue weighted by Crippen LogP contribution is 2.12. The highest BCUT2D eigenvalue weighted by Gasteiger charge is 1.95. The summed E-state index contributed by atoms with van der Waals surface area (Å²) in [7, 11) is 0. The lowest BCUT2D eigenvalue weighted by Crippen LogP contribution is -1.88. The zero-order valence-electron chi connectivity index (χ0n) is 11.9. The Morgan fingerprint density at radius 3 is 2.38 bits per heavy atom. The molecule has 0 nitrogen and oxygen atoms in total. The van der Waals surface area contributed by atoms with E-state index in [4.69, 9.17) is 0 Å². The molecule has 0 heterocycles. The molecule has 0 fully saturated rings. The van der Waals surface area contributed by atoms with Gasteiger partial charge in [0.25, 0.3) is 0 Å². The molecule has 0 aliphatic heterocycles. The molecule has 0 aromatic carbocycles. The summed E-state index contributed by atoms with van der Waals surface area (Å²) in [5.74, 6) is 1.57. The van der Waals surface area contributed by atoms with Gasteiger partial charge in [0.15, 0.2) is 0 Å². The molecule has 0 amide bonds. The van der Waals surface area contributed by atoms with Crippen LogP contribution in [0.1, 0.15) is 66.7 Å². The van der Waals surface area contributed by atoms with Crippen molar-refractivity contribution in [3.8, 4) is 0 Å². The van der Waals surface area contributed by atoms with E-state index in [9.17, 15) is 0 Å². The maximum atomic E-state index is 2.33. The molecule has 0 saturated carbocycles. The molecular formula is C16H30. The fourth-order valence-corrected chi connectivity index (χ4v) is 1.83. The monoisotopic (exact) mass is 222 g/mol. The Kier molecular flexibility index (Phi) is 9.37. The molecule has 0 aromatic heterocycles. The van der Waals surface area contributed by atoms with Crippen LogP contribution in [-0.2, 0) is 0 Å². The van der Waals surface area contributed by atoms with Crippen LogP contribution >= 0.6 is 0 Å². The summed E-state index contributed by atoms with van der Waals surface area (Å²) in [6.45, 7) is 11.4. The van der Waals surface area contributed by atoms with Crippen molar-refractivity contribution in [1.82, 2.24) is 0 Å². The van der Waals surface area contributed by atoms with Gasteiger partial charge in [0.05, 0.1) is 0 Å². The van der Waals surface area contributed by atoms with Crippen LogP contribution in [0.2, 0.25) is 0 Å². The van der Waals surface area contributed by atoms with Gasteiger partial charge < -0.3 is 0 Å². The lowest BCUT2D eigenvalue weighted by atomic mass is 10.0. The van der Waals surface area contributed by atoms with E-state index < -0.39 is 0 Å². The Morgan fingerprint density at radius 1 is 1.12 bits per heavy atom. The van der Waals surface area contributed by atoms with E-state index in [1.807, 2.05) is 0 Å². The Labute approximate surface area is 103 Å². The van der Waals surface area contributed by atoms with Crippen molar-refractivity contribution in [2.45, 2.75) is 66.7 Å². The van der Waals surface area contributed by atoms with Gasteiger partial charge in [-0.25, -0.2) is 0 Å².